The minimum absolute atomic E-state index is 0.0244. The molecule has 0 unspecified atom stereocenters. The summed E-state index contributed by atoms with van der Waals surface area (Å²) in [4.78, 5) is 18.6. The molecule has 12 heteroatoms. The molecule has 2 aliphatic rings. The number of para-hydroxylation sites is 1. The lowest BCUT2D eigenvalue weighted by Crippen LogP contribution is -2.36. The smallest absolute Gasteiger partial charge is 0.406 e. The Labute approximate surface area is 226 Å². The second kappa shape index (κ2) is 11.2. The number of alkyl halides is 3. The maximum Gasteiger partial charge on any atom is 0.573 e. The van der Waals surface area contributed by atoms with Crippen LogP contribution in [0.15, 0.2) is 88.0 Å². The number of hydrazine groups is 1. The summed E-state index contributed by atoms with van der Waals surface area (Å²) >= 11 is 1.36. The molecular formula is C27H23F3N6O2S. The summed E-state index contributed by atoms with van der Waals surface area (Å²) in [5.74, 6) is 0.633. The van der Waals surface area contributed by atoms with Crippen LogP contribution >= 0.6 is 11.8 Å². The van der Waals surface area contributed by atoms with Crippen LogP contribution in [0.1, 0.15) is 23.6 Å². The van der Waals surface area contributed by atoms with E-state index in [1.807, 2.05) is 55.5 Å². The largest absolute Gasteiger partial charge is 0.573 e. The second-order valence-corrected chi connectivity index (χ2v) is 9.42. The van der Waals surface area contributed by atoms with Crippen LogP contribution < -0.4 is 20.1 Å². The Morgan fingerprint density at radius 3 is 2.54 bits per heavy atom. The number of thioether (sulfide) groups is 1. The number of aliphatic imine (C=N–C) groups is 1. The number of amides is 1. The molecule has 8 nitrogen and oxygen atoms in total. The number of carbonyl (C=O) groups excluding carboxylic acids is 1. The van der Waals surface area contributed by atoms with E-state index in [4.69, 9.17) is 0 Å². The van der Waals surface area contributed by atoms with Gasteiger partial charge in [-0.2, -0.15) is 5.10 Å². The van der Waals surface area contributed by atoms with E-state index in [9.17, 15) is 18.0 Å². The highest BCUT2D eigenvalue weighted by atomic mass is 32.2. The highest BCUT2D eigenvalue weighted by molar-refractivity contribution is 8.15. The summed E-state index contributed by atoms with van der Waals surface area (Å²) in [6, 6.07) is 20.8. The summed E-state index contributed by atoms with van der Waals surface area (Å²) < 4.78 is 41.0. The molecule has 0 atom stereocenters. The predicted octanol–water partition coefficient (Wildman–Crippen LogP) is 5.35. The Morgan fingerprint density at radius 1 is 1.08 bits per heavy atom. The van der Waals surface area contributed by atoms with Crippen molar-refractivity contribution in [2.45, 2.75) is 19.7 Å². The molecule has 0 radical (unpaired) electrons. The predicted molar refractivity (Wildman–Crippen MR) is 147 cm³/mol. The molecule has 1 saturated heterocycles. The first kappa shape index (κ1) is 26.3. The first-order valence-electron chi connectivity index (χ1n) is 12.0. The van der Waals surface area contributed by atoms with E-state index in [2.05, 4.69) is 25.4 Å². The number of carbonyl (C=O) groups is 1. The van der Waals surface area contributed by atoms with Crippen molar-refractivity contribution >= 4 is 46.3 Å². The van der Waals surface area contributed by atoms with Crippen molar-refractivity contribution in [2.24, 2.45) is 15.2 Å². The fourth-order valence-corrected chi connectivity index (χ4v) is 4.86. The van der Waals surface area contributed by atoms with Gasteiger partial charge >= 0.3 is 6.36 Å². The lowest BCUT2D eigenvalue weighted by Gasteiger charge is -2.19. The molecule has 2 heterocycles. The van der Waals surface area contributed by atoms with Gasteiger partial charge in [-0.3, -0.25) is 20.1 Å². The van der Waals surface area contributed by atoms with E-state index in [1.165, 1.54) is 36.0 Å². The third kappa shape index (κ3) is 6.23. The van der Waals surface area contributed by atoms with Gasteiger partial charge in [-0.25, -0.2) is 4.99 Å². The van der Waals surface area contributed by atoms with Crippen molar-refractivity contribution in [3.63, 3.8) is 0 Å². The number of hydrogen-bond acceptors (Lipinski definition) is 8. The van der Waals surface area contributed by atoms with Gasteiger partial charge < -0.3 is 4.74 Å². The Kier molecular flexibility index (Phi) is 7.55. The zero-order valence-electron chi connectivity index (χ0n) is 20.7. The van der Waals surface area contributed by atoms with Crippen LogP contribution in [-0.2, 0) is 11.2 Å². The molecule has 3 aromatic carbocycles. The molecule has 1 fully saturated rings. The van der Waals surface area contributed by atoms with Crippen molar-refractivity contribution in [2.75, 3.05) is 22.3 Å². The van der Waals surface area contributed by atoms with E-state index >= 15 is 0 Å². The fourth-order valence-electron chi connectivity index (χ4n) is 4.04. The number of amidine groups is 2. The SMILES string of the molecule is CCc1ccccc1N1C(=O)CS/C1=N\N=C\c1ccc(C2=NCN(c3ccc(OC(F)(F)F)cc3)N2)cc1. The van der Waals surface area contributed by atoms with Crippen molar-refractivity contribution in [3.8, 4) is 5.75 Å². The summed E-state index contributed by atoms with van der Waals surface area (Å²) in [6.07, 6.45) is -2.32. The van der Waals surface area contributed by atoms with Crippen molar-refractivity contribution < 1.29 is 22.7 Å². The van der Waals surface area contributed by atoms with Gasteiger partial charge in [0.1, 0.15) is 18.3 Å². The van der Waals surface area contributed by atoms with Gasteiger partial charge in [-0.15, -0.1) is 18.3 Å². The summed E-state index contributed by atoms with van der Waals surface area (Å²) in [7, 11) is 0. The van der Waals surface area contributed by atoms with Crippen LogP contribution in [0.2, 0.25) is 0 Å². The number of nitrogens with one attached hydrogen (secondary N) is 1. The molecular weight excluding hydrogens is 529 g/mol. The normalized spacial score (nSPS) is 16.8. The van der Waals surface area contributed by atoms with E-state index in [-0.39, 0.29) is 11.7 Å². The molecule has 1 amide bonds. The van der Waals surface area contributed by atoms with Crippen LogP contribution in [0.25, 0.3) is 0 Å². The number of nitrogens with zero attached hydrogens (tertiary/aromatic N) is 5. The van der Waals surface area contributed by atoms with Crippen molar-refractivity contribution in [1.29, 1.82) is 0 Å². The van der Waals surface area contributed by atoms with Crippen LogP contribution in [0.4, 0.5) is 24.5 Å². The van der Waals surface area contributed by atoms with Gasteiger partial charge in [-0.05, 0) is 47.9 Å². The Morgan fingerprint density at radius 2 is 1.82 bits per heavy atom. The average molecular weight is 553 g/mol. The number of anilines is 2. The van der Waals surface area contributed by atoms with Crippen molar-refractivity contribution in [1.82, 2.24) is 5.43 Å². The maximum atomic E-state index is 12.5. The number of hydrogen-bond donors (Lipinski definition) is 1. The van der Waals surface area contributed by atoms with E-state index in [0.29, 0.717) is 29.1 Å². The minimum atomic E-state index is -4.73. The topological polar surface area (TPSA) is 81.9 Å². The average Bonchev–Trinajstić information content (AvgIpc) is 3.56. The summed E-state index contributed by atoms with van der Waals surface area (Å²) in [6.45, 7) is 2.34. The van der Waals surface area contributed by atoms with E-state index < -0.39 is 6.36 Å². The molecule has 39 heavy (non-hydrogen) atoms. The van der Waals surface area contributed by atoms with Crippen LogP contribution in [0, 0.1) is 0 Å². The van der Waals surface area contributed by atoms with E-state index in [1.54, 1.807) is 16.1 Å². The summed E-state index contributed by atoms with van der Waals surface area (Å²) in [5.41, 5.74) is 7.33. The second-order valence-electron chi connectivity index (χ2n) is 8.48. The molecule has 0 aliphatic carbocycles. The van der Waals surface area contributed by atoms with Gasteiger partial charge in [0.05, 0.1) is 23.3 Å². The van der Waals surface area contributed by atoms with Gasteiger partial charge in [-0.1, -0.05) is 61.2 Å². The Hall–Kier alpha value is -4.32. The quantitative estimate of drug-likeness (QED) is 0.316. The molecule has 1 N–H and O–H groups in total. The first-order chi connectivity index (χ1) is 18.8. The number of benzene rings is 3. The summed E-state index contributed by atoms with van der Waals surface area (Å²) in [5, 5.41) is 10.8. The molecule has 3 aromatic rings. The zero-order chi connectivity index (χ0) is 27.4. The Bertz CT molecular complexity index is 1440. The van der Waals surface area contributed by atoms with Gasteiger partial charge in [0.15, 0.2) is 5.17 Å². The third-order valence-electron chi connectivity index (χ3n) is 5.91. The molecule has 0 aromatic heterocycles. The van der Waals surface area contributed by atoms with Gasteiger partial charge in [0.25, 0.3) is 0 Å². The monoisotopic (exact) mass is 552 g/mol. The highest BCUT2D eigenvalue weighted by Gasteiger charge is 2.32. The van der Waals surface area contributed by atoms with Crippen LogP contribution in [-0.4, -0.2) is 41.9 Å². The molecule has 0 bridgehead atoms. The number of halogens is 3. The molecule has 2 aliphatic heterocycles. The van der Waals surface area contributed by atoms with Crippen molar-refractivity contribution in [3.05, 3.63) is 89.5 Å². The zero-order valence-corrected chi connectivity index (χ0v) is 21.5. The molecule has 0 spiro atoms. The first-order valence-corrected chi connectivity index (χ1v) is 13.0. The minimum Gasteiger partial charge on any atom is -0.406 e. The van der Waals surface area contributed by atoms with Crippen LogP contribution in [0.3, 0.4) is 0 Å². The lowest BCUT2D eigenvalue weighted by molar-refractivity contribution is -0.274. The van der Waals surface area contributed by atoms with Crippen LogP contribution in [0.5, 0.6) is 5.75 Å². The molecule has 5 rings (SSSR count). The van der Waals surface area contributed by atoms with Gasteiger partial charge in [0, 0.05) is 5.56 Å². The fraction of sp³-hybridized carbons (Fsp3) is 0.185. The van der Waals surface area contributed by atoms with Gasteiger partial charge in [0.2, 0.25) is 5.91 Å². The number of ether oxygens (including phenoxy) is 1. The third-order valence-corrected chi connectivity index (χ3v) is 6.82. The standard InChI is InChI=1S/C27H23F3N6O2S/c1-2-19-5-3-4-6-23(19)36-24(37)16-39-26(36)33-32-15-18-7-9-20(10-8-18)25-31-17-35(34-25)21-11-13-22(14-12-21)38-27(28,29)30/h3-15H,2,16-17H2,1H3,(H,31,34)/b32-15+,33-26-. The molecule has 200 valence electrons. The van der Waals surface area contributed by atoms with E-state index in [0.717, 1.165) is 28.8 Å². The molecule has 0 saturated carbocycles. The number of aryl methyl sites for hydroxylation is 1. The maximum absolute atomic E-state index is 12.5. The highest BCUT2D eigenvalue weighted by Crippen LogP contribution is 2.30. The Balaban J connectivity index is 1.21. The number of rotatable bonds is 7. The lowest BCUT2D eigenvalue weighted by atomic mass is 10.1.